The molecule has 0 aliphatic rings. The maximum absolute atomic E-state index is 12.4. The van der Waals surface area contributed by atoms with Crippen LogP contribution in [0.1, 0.15) is 10.6 Å². The van der Waals surface area contributed by atoms with Crippen LogP contribution in [-0.4, -0.2) is 15.9 Å². The molecule has 0 aliphatic carbocycles. The lowest BCUT2D eigenvalue weighted by molar-refractivity contribution is -0.383. The molecule has 2 N–H and O–H groups in total. The molecule has 0 unspecified atom stereocenters. The fraction of sp³-hybridized carbons (Fsp3) is 0. The van der Waals surface area contributed by atoms with E-state index in [1.54, 1.807) is 24.3 Å². The van der Waals surface area contributed by atoms with Crippen molar-refractivity contribution in [2.75, 3.05) is 5.32 Å². The highest BCUT2D eigenvalue weighted by atomic mass is 35.5. The molecule has 0 fully saturated rings. The molecule has 0 spiro atoms. The lowest BCUT2D eigenvalue weighted by atomic mass is 10.2. The summed E-state index contributed by atoms with van der Waals surface area (Å²) >= 11 is 22.8. The largest absolute Gasteiger partial charge is 0.451 e. The first-order valence-corrected chi connectivity index (χ1v) is 9.40. The van der Waals surface area contributed by atoms with E-state index in [9.17, 15) is 14.9 Å². The number of nitrogens with zero attached hydrogens (tertiary/aromatic N) is 1. The Morgan fingerprint density at radius 2 is 1.72 bits per heavy atom. The van der Waals surface area contributed by atoms with E-state index in [1.807, 2.05) is 0 Å². The summed E-state index contributed by atoms with van der Waals surface area (Å²) in [7, 11) is 0. The van der Waals surface area contributed by atoms with Gasteiger partial charge in [-0.2, -0.15) is 0 Å². The van der Waals surface area contributed by atoms with Gasteiger partial charge in [-0.1, -0.05) is 34.8 Å². The molecule has 1 amide bonds. The zero-order valence-electron chi connectivity index (χ0n) is 14.2. The number of halogens is 3. The van der Waals surface area contributed by atoms with Crippen LogP contribution in [0.3, 0.4) is 0 Å². The summed E-state index contributed by atoms with van der Waals surface area (Å²) in [4.78, 5) is 22.9. The van der Waals surface area contributed by atoms with Gasteiger partial charge in [0.15, 0.2) is 10.9 Å². The Morgan fingerprint density at radius 1 is 1.03 bits per heavy atom. The Bertz CT molecular complexity index is 1130. The summed E-state index contributed by atoms with van der Waals surface area (Å²) in [6, 6.07) is 11.9. The van der Waals surface area contributed by atoms with Gasteiger partial charge in [0.05, 0.1) is 9.95 Å². The number of carbonyl (C=O) groups is 1. The fourth-order valence-electron chi connectivity index (χ4n) is 2.37. The average Bonchev–Trinajstić information content (AvgIpc) is 3.13. The van der Waals surface area contributed by atoms with E-state index < -0.39 is 10.8 Å². The molecular formula is C18H10Cl3N3O4S. The summed E-state index contributed by atoms with van der Waals surface area (Å²) in [6.07, 6.45) is 0. The van der Waals surface area contributed by atoms with Gasteiger partial charge >= 0.3 is 0 Å². The number of benzene rings is 2. The predicted molar refractivity (Wildman–Crippen MR) is 116 cm³/mol. The van der Waals surface area contributed by atoms with Crippen LogP contribution in [-0.2, 0) is 0 Å². The van der Waals surface area contributed by atoms with E-state index >= 15 is 0 Å². The van der Waals surface area contributed by atoms with Crippen LogP contribution in [0.15, 0.2) is 52.9 Å². The minimum Gasteiger partial charge on any atom is -0.451 e. The smallest absolute Gasteiger partial charge is 0.294 e. The minimum atomic E-state index is -0.643. The molecule has 0 bridgehead atoms. The van der Waals surface area contributed by atoms with Crippen molar-refractivity contribution in [2.45, 2.75) is 0 Å². The van der Waals surface area contributed by atoms with Crippen molar-refractivity contribution in [1.29, 1.82) is 0 Å². The molecule has 29 heavy (non-hydrogen) atoms. The molecule has 0 saturated carbocycles. The van der Waals surface area contributed by atoms with E-state index in [0.29, 0.717) is 21.4 Å². The first kappa shape index (κ1) is 21.1. The Kier molecular flexibility index (Phi) is 6.39. The molecule has 3 rings (SSSR count). The molecule has 11 heteroatoms. The van der Waals surface area contributed by atoms with Crippen molar-refractivity contribution in [3.8, 4) is 11.3 Å². The highest BCUT2D eigenvalue weighted by molar-refractivity contribution is 7.80. The lowest BCUT2D eigenvalue weighted by Crippen LogP contribution is -2.34. The third-order valence-corrected chi connectivity index (χ3v) is 4.65. The number of anilines is 1. The van der Waals surface area contributed by atoms with Gasteiger partial charge < -0.3 is 9.73 Å². The number of nitrogens with one attached hydrogen (secondary N) is 2. The van der Waals surface area contributed by atoms with Gasteiger partial charge in [0, 0.05) is 21.7 Å². The summed E-state index contributed by atoms with van der Waals surface area (Å²) in [5.41, 5.74) is 0.358. The Morgan fingerprint density at radius 3 is 2.41 bits per heavy atom. The van der Waals surface area contributed by atoms with Crippen LogP contribution in [0.4, 0.5) is 11.4 Å². The van der Waals surface area contributed by atoms with Crippen LogP contribution >= 0.6 is 47.0 Å². The summed E-state index contributed by atoms with van der Waals surface area (Å²) in [5, 5.41) is 17.0. The fourth-order valence-corrected chi connectivity index (χ4v) is 3.24. The molecule has 0 radical (unpaired) electrons. The third kappa shape index (κ3) is 5.04. The molecule has 148 valence electrons. The van der Waals surface area contributed by atoms with Crippen LogP contribution in [0.25, 0.3) is 11.3 Å². The number of amides is 1. The molecule has 1 heterocycles. The lowest BCUT2D eigenvalue weighted by Gasteiger charge is -2.09. The second kappa shape index (κ2) is 8.79. The first-order chi connectivity index (χ1) is 13.7. The van der Waals surface area contributed by atoms with Crippen LogP contribution in [0.5, 0.6) is 0 Å². The molecular weight excluding hydrogens is 461 g/mol. The van der Waals surface area contributed by atoms with Crippen molar-refractivity contribution in [1.82, 2.24) is 5.32 Å². The Labute approximate surface area is 184 Å². The van der Waals surface area contributed by atoms with Gasteiger partial charge in [-0.15, -0.1) is 0 Å². The molecule has 3 aromatic rings. The van der Waals surface area contributed by atoms with Gasteiger partial charge in [0.2, 0.25) is 0 Å². The highest BCUT2D eigenvalue weighted by Gasteiger charge is 2.18. The van der Waals surface area contributed by atoms with Crippen molar-refractivity contribution in [2.24, 2.45) is 0 Å². The average molecular weight is 471 g/mol. The molecule has 0 aliphatic heterocycles. The van der Waals surface area contributed by atoms with Gasteiger partial charge in [-0.25, -0.2) is 0 Å². The topological polar surface area (TPSA) is 97.4 Å². The number of hydrogen-bond donors (Lipinski definition) is 2. The zero-order valence-corrected chi connectivity index (χ0v) is 17.3. The molecule has 2 aromatic carbocycles. The van der Waals surface area contributed by atoms with Crippen LogP contribution in [0.2, 0.25) is 15.1 Å². The van der Waals surface area contributed by atoms with E-state index in [1.165, 1.54) is 24.3 Å². The normalized spacial score (nSPS) is 10.4. The maximum Gasteiger partial charge on any atom is 0.294 e. The van der Waals surface area contributed by atoms with Crippen molar-refractivity contribution >= 4 is 69.4 Å². The second-order valence-corrected chi connectivity index (χ2v) is 7.30. The number of nitro groups is 1. The molecule has 0 atom stereocenters. The van der Waals surface area contributed by atoms with Crippen molar-refractivity contribution in [3.05, 3.63) is 79.5 Å². The van der Waals surface area contributed by atoms with E-state index in [4.69, 9.17) is 51.4 Å². The number of furan rings is 1. The van der Waals surface area contributed by atoms with Gasteiger partial charge in [0.25, 0.3) is 11.6 Å². The monoisotopic (exact) mass is 469 g/mol. The number of thiocarbonyl (C=S) groups is 1. The summed E-state index contributed by atoms with van der Waals surface area (Å²) in [6.45, 7) is 0. The standard InChI is InChI=1S/C18H10Cl3N3O4S/c19-9-1-3-11(12(21)7-9)15-5-6-16(28-15)17(25)23-18(29)22-13-4-2-10(20)8-14(13)24(26)27/h1-8H,(H2,22,23,25,29). The van der Waals surface area contributed by atoms with Crippen molar-refractivity contribution in [3.63, 3.8) is 0 Å². The van der Waals surface area contributed by atoms with Gasteiger partial charge in [-0.05, 0) is 54.7 Å². The number of hydrogen-bond acceptors (Lipinski definition) is 5. The molecule has 7 nitrogen and oxygen atoms in total. The highest BCUT2D eigenvalue weighted by Crippen LogP contribution is 2.31. The first-order valence-electron chi connectivity index (χ1n) is 7.86. The maximum atomic E-state index is 12.4. The molecule has 1 aromatic heterocycles. The van der Waals surface area contributed by atoms with Crippen LogP contribution in [0, 0.1) is 10.1 Å². The quantitative estimate of drug-likeness (QED) is 0.278. The number of carbonyl (C=O) groups excluding carboxylic acids is 1. The van der Waals surface area contributed by atoms with Crippen molar-refractivity contribution < 1.29 is 14.1 Å². The molecule has 0 saturated heterocycles. The predicted octanol–water partition coefficient (Wildman–Crippen LogP) is 5.94. The minimum absolute atomic E-state index is 0.0271. The Balaban J connectivity index is 1.72. The third-order valence-electron chi connectivity index (χ3n) is 3.66. The van der Waals surface area contributed by atoms with Gasteiger partial charge in [-0.3, -0.25) is 20.2 Å². The Hall–Kier alpha value is -2.65. The summed E-state index contributed by atoms with van der Waals surface area (Å²) in [5.74, 6) is -0.305. The zero-order chi connectivity index (χ0) is 21.1. The van der Waals surface area contributed by atoms with E-state index in [2.05, 4.69) is 10.6 Å². The van der Waals surface area contributed by atoms with Gasteiger partial charge in [0.1, 0.15) is 11.4 Å². The van der Waals surface area contributed by atoms with E-state index in [-0.39, 0.29) is 27.3 Å². The number of nitro benzene ring substituents is 1. The second-order valence-electron chi connectivity index (χ2n) is 5.61. The number of rotatable bonds is 4. The van der Waals surface area contributed by atoms with Crippen LogP contribution < -0.4 is 10.6 Å². The SMILES string of the molecule is O=C(NC(=S)Nc1ccc(Cl)cc1[N+](=O)[O-])c1ccc(-c2ccc(Cl)cc2Cl)o1. The van der Waals surface area contributed by atoms with E-state index in [0.717, 1.165) is 0 Å². The summed E-state index contributed by atoms with van der Waals surface area (Å²) < 4.78 is 5.53.